The second-order valence-corrected chi connectivity index (χ2v) is 6.29. The summed E-state index contributed by atoms with van der Waals surface area (Å²) < 4.78 is 13.6. The molecule has 1 heterocycles. The highest BCUT2D eigenvalue weighted by atomic mass is 32.2. The van der Waals surface area contributed by atoms with Crippen LogP contribution in [-0.4, -0.2) is 55.6 Å². The number of nitrogens with zero attached hydrogens (tertiary/aromatic N) is 3. The Balaban J connectivity index is 1.75. The fourth-order valence-corrected chi connectivity index (χ4v) is 3.18. The predicted octanol–water partition coefficient (Wildman–Crippen LogP) is 2.02. The fourth-order valence-electron chi connectivity index (χ4n) is 2.28. The summed E-state index contributed by atoms with van der Waals surface area (Å²) in [6, 6.07) is 6.82. The van der Waals surface area contributed by atoms with Crippen LogP contribution in [0.4, 0.5) is 10.1 Å². The van der Waals surface area contributed by atoms with Gasteiger partial charge in [0.1, 0.15) is 5.82 Å². The summed E-state index contributed by atoms with van der Waals surface area (Å²) in [6.07, 6.45) is 0.855. The van der Waals surface area contributed by atoms with E-state index < -0.39 is 0 Å². The van der Waals surface area contributed by atoms with Crippen molar-refractivity contribution in [3.63, 3.8) is 0 Å². The first-order valence-electron chi connectivity index (χ1n) is 7.27. The third kappa shape index (κ3) is 4.81. The number of halogens is 1. The van der Waals surface area contributed by atoms with Gasteiger partial charge in [0.05, 0.1) is 5.69 Å². The molecule has 1 fully saturated rings. The van der Waals surface area contributed by atoms with Crippen molar-refractivity contribution in [1.29, 1.82) is 0 Å². The lowest BCUT2D eigenvalue weighted by Gasteiger charge is -2.27. The zero-order chi connectivity index (χ0) is 15.1. The number of rotatable bonds is 5. The number of hydrogen-bond donors (Lipinski definition) is 1. The quantitative estimate of drug-likeness (QED) is 0.513. The number of anilines is 1. The Kier molecular flexibility index (Phi) is 6.17. The maximum absolute atomic E-state index is 13.6. The second kappa shape index (κ2) is 8.12. The van der Waals surface area contributed by atoms with Gasteiger partial charge in [-0.3, -0.25) is 4.99 Å². The van der Waals surface area contributed by atoms with E-state index in [0.29, 0.717) is 18.2 Å². The molecule has 2 rings (SSSR count). The highest BCUT2D eigenvalue weighted by Crippen LogP contribution is 2.17. The maximum atomic E-state index is 13.6. The molecule has 0 aromatic heterocycles. The summed E-state index contributed by atoms with van der Waals surface area (Å²) in [5, 5.41) is 0. The topological polar surface area (TPSA) is 44.9 Å². The Morgan fingerprint density at radius 2 is 2.10 bits per heavy atom. The molecule has 2 N–H and O–H groups in total. The zero-order valence-electron chi connectivity index (χ0n) is 12.5. The summed E-state index contributed by atoms with van der Waals surface area (Å²) in [5.41, 5.74) is 6.62. The molecule has 21 heavy (non-hydrogen) atoms. The van der Waals surface area contributed by atoms with Gasteiger partial charge in [0.25, 0.3) is 0 Å². The number of thioether (sulfide) groups is 1. The molecule has 4 nitrogen and oxygen atoms in total. The number of hydrogen-bond acceptors (Lipinski definition) is 3. The smallest absolute Gasteiger partial charge is 0.191 e. The predicted molar refractivity (Wildman–Crippen MR) is 89.7 cm³/mol. The van der Waals surface area contributed by atoms with Crippen molar-refractivity contribution in [3.05, 3.63) is 30.1 Å². The van der Waals surface area contributed by atoms with E-state index in [2.05, 4.69) is 9.89 Å². The van der Waals surface area contributed by atoms with Crippen LogP contribution in [-0.2, 0) is 0 Å². The van der Waals surface area contributed by atoms with Crippen LogP contribution >= 0.6 is 11.8 Å². The molecule has 1 saturated heterocycles. The Morgan fingerprint density at radius 3 is 2.81 bits per heavy atom. The molecule has 116 valence electrons. The van der Waals surface area contributed by atoms with Crippen molar-refractivity contribution in [3.8, 4) is 0 Å². The molecule has 1 aromatic carbocycles. The number of nitrogens with two attached hydrogens (primary N) is 1. The van der Waals surface area contributed by atoms with E-state index in [-0.39, 0.29) is 5.82 Å². The van der Waals surface area contributed by atoms with E-state index in [1.807, 2.05) is 29.8 Å². The van der Waals surface area contributed by atoms with Gasteiger partial charge in [-0.05, 0) is 18.6 Å². The molecule has 1 aliphatic heterocycles. The van der Waals surface area contributed by atoms with Gasteiger partial charge in [0.15, 0.2) is 5.96 Å². The van der Waals surface area contributed by atoms with Gasteiger partial charge in [-0.15, -0.1) is 0 Å². The lowest BCUT2D eigenvalue weighted by atomic mass is 10.2. The largest absolute Gasteiger partial charge is 0.372 e. The molecule has 0 amide bonds. The Bertz CT molecular complexity index is 474. The minimum absolute atomic E-state index is 0.186. The molecular weight excluding hydrogens is 287 g/mol. The lowest BCUT2D eigenvalue weighted by Crippen LogP contribution is -2.42. The lowest BCUT2D eigenvalue weighted by molar-refractivity contribution is 0.455. The molecule has 0 unspecified atom stereocenters. The van der Waals surface area contributed by atoms with Crippen LogP contribution in [0.5, 0.6) is 0 Å². The first kappa shape index (κ1) is 15.9. The van der Waals surface area contributed by atoms with Crippen LogP contribution in [0.1, 0.15) is 6.42 Å². The average Bonchev–Trinajstić information content (AvgIpc) is 2.52. The van der Waals surface area contributed by atoms with Crippen LogP contribution in [0.25, 0.3) is 0 Å². The molecule has 0 atom stereocenters. The molecule has 0 spiro atoms. The maximum Gasteiger partial charge on any atom is 0.191 e. The van der Waals surface area contributed by atoms with Crippen molar-refractivity contribution in [1.82, 2.24) is 4.90 Å². The Labute approximate surface area is 130 Å². The average molecular weight is 310 g/mol. The van der Waals surface area contributed by atoms with E-state index in [0.717, 1.165) is 37.6 Å². The van der Waals surface area contributed by atoms with Gasteiger partial charge in [-0.25, -0.2) is 4.39 Å². The minimum Gasteiger partial charge on any atom is -0.372 e. The molecule has 1 aromatic rings. The molecule has 0 bridgehead atoms. The van der Waals surface area contributed by atoms with Gasteiger partial charge in [-0.2, -0.15) is 11.8 Å². The molecule has 0 radical (unpaired) electrons. The number of para-hydroxylation sites is 1. The van der Waals surface area contributed by atoms with E-state index in [1.54, 1.807) is 12.1 Å². The molecule has 1 aliphatic rings. The number of aliphatic imine (C=N–C) groups is 1. The van der Waals surface area contributed by atoms with Gasteiger partial charge >= 0.3 is 0 Å². The van der Waals surface area contributed by atoms with Crippen molar-refractivity contribution < 1.29 is 4.39 Å². The van der Waals surface area contributed by atoms with E-state index in [1.165, 1.54) is 6.07 Å². The van der Waals surface area contributed by atoms with Crippen LogP contribution < -0.4 is 10.6 Å². The zero-order valence-corrected chi connectivity index (χ0v) is 13.3. The molecular formula is C15H23FN4S. The fraction of sp³-hybridized carbons (Fsp3) is 0.533. The minimum atomic E-state index is -0.186. The molecule has 0 saturated carbocycles. The summed E-state index contributed by atoms with van der Waals surface area (Å²) in [7, 11) is 1.90. The van der Waals surface area contributed by atoms with E-state index in [4.69, 9.17) is 5.73 Å². The van der Waals surface area contributed by atoms with Gasteiger partial charge in [0.2, 0.25) is 0 Å². The summed E-state index contributed by atoms with van der Waals surface area (Å²) in [4.78, 5) is 8.48. The summed E-state index contributed by atoms with van der Waals surface area (Å²) in [6.45, 7) is 3.39. The summed E-state index contributed by atoms with van der Waals surface area (Å²) in [5.74, 6) is 2.69. The second-order valence-electron chi connectivity index (χ2n) is 5.07. The van der Waals surface area contributed by atoms with Crippen molar-refractivity contribution in [2.45, 2.75) is 6.42 Å². The molecule has 0 aliphatic carbocycles. The third-order valence-corrected chi connectivity index (χ3v) is 4.47. The monoisotopic (exact) mass is 310 g/mol. The van der Waals surface area contributed by atoms with Gasteiger partial charge < -0.3 is 15.5 Å². The van der Waals surface area contributed by atoms with Crippen LogP contribution in [0.3, 0.4) is 0 Å². The van der Waals surface area contributed by atoms with Crippen molar-refractivity contribution >= 4 is 23.4 Å². The van der Waals surface area contributed by atoms with Crippen molar-refractivity contribution in [2.24, 2.45) is 10.7 Å². The van der Waals surface area contributed by atoms with E-state index >= 15 is 0 Å². The normalized spacial score (nSPS) is 16.1. The van der Waals surface area contributed by atoms with Crippen LogP contribution in [0.2, 0.25) is 0 Å². The Morgan fingerprint density at radius 1 is 1.38 bits per heavy atom. The SMILES string of the molecule is CN(CCCN=C(N)N1CCSCC1)c1ccccc1F. The highest BCUT2D eigenvalue weighted by molar-refractivity contribution is 7.99. The molecule has 6 heteroatoms. The Hall–Kier alpha value is -1.43. The van der Waals surface area contributed by atoms with Gasteiger partial charge in [-0.1, -0.05) is 12.1 Å². The van der Waals surface area contributed by atoms with Crippen LogP contribution in [0, 0.1) is 5.82 Å². The highest BCUT2D eigenvalue weighted by Gasteiger charge is 2.11. The first-order valence-corrected chi connectivity index (χ1v) is 8.42. The van der Waals surface area contributed by atoms with Crippen LogP contribution in [0.15, 0.2) is 29.3 Å². The first-order chi connectivity index (χ1) is 10.2. The van der Waals surface area contributed by atoms with Crippen molar-refractivity contribution in [2.75, 3.05) is 49.6 Å². The van der Waals surface area contributed by atoms with E-state index in [9.17, 15) is 4.39 Å². The third-order valence-electron chi connectivity index (χ3n) is 3.52. The summed E-state index contributed by atoms with van der Waals surface area (Å²) >= 11 is 1.95. The number of benzene rings is 1. The standard InChI is InChI=1S/C15H23FN4S/c1-19(14-6-3-2-5-13(14)16)8-4-7-18-15(17)20-9-11-21-12-10-20/h2-3,5-6H,4,7-12H2,1H3,(H2,17,18). The number of guanidine groups is 1. The van der Waals surface area contributed by atoms with Gasteiger partial charge in [0, 0.05) is 44.7 Å².